The Labute approximate surface area is 127 Å². The predicted molar refractivity (Wildman–Crippen MR) is 77.8 cm³/mol. The number of ether oxygens (including phenoxy) is 3. The second-order valence-corrected chi connectivity index (χ2v) is 4.43. The molecule has 0 aliphatic carbocycles. The highest BCUT2D eigenvalue weighted by atomic mass is 16.7. The maximum absolute atomic E-state index is 11.5. The summed E-state index contributed by atoms with van der Waals surface area (Å²) in [7, 11) is 1.53. The maximum Gasteiger partial charge on any atom is 0.249 e. The van der Waals surface area contributed by atoms with E-state index in [1.807, 2.05) is 0 Å². The number of hydrogen-bond acceptors (Lipinski definition) is 6. The second-order valence-electron chi connectivity index (χ2n) is 4.43. The van der Waals surface area contributed by atoms with Gasteiger partial charge in [0.25, 0.3) is 0 Å². The smallest absolute Gasteiger partial charge is 0.249 e. The van der Waals surface area contributed by atoms with E-state index in [1.54, 1.807) is 18.2 Å². The van der Waals surface area contributed by atoms with Gasteiger partial charge < -0.3 is 19.5 Å². The van der Waals surface area contributed by atoms with E-state index in [0.29, 0.717) is 24.7 Å². The van der Waals surface area contributed by atoms with Crippen LogP contribution >= 0.6 is 0 Å². The lowest BCUT2D eigenvalue weighted by Gasteiger charge is -2.03. The van der Waals surface area contributed by atoms with Gasteiger partial charge in [-0.05, 0) is 23.8 Å². The zero-order valence-corrected chi connectivity index (χ0v) is 12.1. The van der Waals surface area contributed by atoms with Crippen LogP contribution in [-0.2, 0) is 14.3 Å². The molecule has 0 radical (unpaired) electrons. The summed E-state index contributed by atoms with van der Waals surface area (Å²) in [6.45, 7) is 0.962. The van der Waals surface area contributed by atoms with Crippen molar-refractivity contribution in [2.45, 2.75) is 6.42 Å². The summed E-state index contributed by atoms with van der Waals surface area (Å²) in [5.74, 6) is 0.432. The van der Waals surface area contributed by atoms with E-state index < -0.39 is 5.91 Å². The molecule has 22 heavy (non-hydrogen) atoms. The number of amides is 2. The molecule has 0 atom stereocenters. The topological polar surface area (TPSA) is 98.2 Å². The van der Waals surface area contributed by atoms with Gasteiger partial charge in [-0.25, -0.2) is 5.43 Å². The first-order valence-electron chi connectivity index (χ1n) is 6.66. The first kappa shape index (κ1) is 15.8. The molecular weight excluding hydrogens is 290 g/mol. The minimum absolute atomic E-state index is 0.199. The number of carbonyl (C=O) groups is 2. The molecule has 0 bridgehead atoms. The fourth-order valence-electron chi connectivity index (χ4n) is 1.71. The van der Waals surface area contributed by atoms with Crippen LogP contribution in [0.4, 0.5) is 0 Å². The quantitative estimate of drug-likeness (QED) is 0.320. The van der Waals surface area contributed by atoms with Crippen LogP contribution in [0.15, 0.2) is 23.3 Å². The van der Waals surface area contributed by atoms with Crippen LogP contribution in [0, 0.1) is 0 Å². The number of carbonyl (C=O) groups excluding carboxylic acids is 2. The summed E-state index contributed by atoms with van der Waals surface area (Å²) < 4.78 is 15.2. The highest BCUT2D eigenvalue weighted by Gasteiger charge is 2.12. The number of benzene rings is 1. The summed E-state index contributed by atoms with van der Waals surface area (Å²) in [6, 6.07) is 5.28. The standard InChI is InChI=1S/C14H17N3O5/c1-20-5-4-15-13(18)7-14(19)17-16-8-10-2-3-11-12(6-10)22-9-21-11/h2-3,6,8H,4-5,7,9H2,1H3,(H,15,18)(H,17,19)/b16-8+. The molecule has 8 heteroatoms. The first-order valence-corrected chi connectivity index (χ1v) is 6.66. The highest BCUT2D eigenvalue weighted by Crippen LogP contribution is 2.31. The summed E-state index contributed by atoms with van der Waals surface area (Å²) >= 11 is 0. The normalized spacial score (nSPS) is 12.4. The van der Waals surface area contributed by atoms with Crippen LogP contribution in [0.1, 0.15) is 12.0 Å². The number of nitrogens with zero attached hydrogens (tertiary/aromatic N) is 1. The molecule has 2 amide bonds. The van der Waals surface area contributed by atoms with Crippen molar-refractivity contribution in [3.63, 3.8) is 0 Å². The van der Waals surface area contributed by atoms with Crippen LogP contribution in [0.2, 0.25) is 0 Å². The molecule has 2 rings (SSSR count). The molecule has 2 N–H and O–H groups in total. The third kappa shape index (κ3) is 4.74. The third-order valence-electron chi connectivity index (χ3n) is 2.75. The monoisotopic (exact) mass is 307 g/mol. The number of methoxy groups -OCH3 is 1. The zero-order valence-electron chi connectivity index (χ0n) is 12.1. The van der Waals surface area contributed by atoms with E-state index in [2.05, 4.69) is 15.8 Å². The number of nitrogens with one attached hydrogen (secondary N) is 2. The number of hydrogen-bond donors (Lipinski definition) is 2. The Morgan fingerprint density at radius 2 is 2.14 bits per heavy atom. The van der Waals surface area contributed by atoms with Crippen molar-refractivity contribution in [1.82, 2.24) is 10.7 Å². The lowest BCUT2D eigenvalue weighted by molar-refractivity contribution is -0.129. The van der Waals surface area contributed by atoms with Crippen LogP contribution in [0.25, 0.3) is 0 Å². The van der Waals surface area contributed by atoms with Gasteiger partial charge in [-0.3, -0.25) is 9.59 Å². The van der Waals surface area contributed by atoms with Gasteiger partial charge in [0.05, 0.1) is 12.8 Å². The molecule has 0 spiro atoms. The molecule has 0 saturated heterocycles. The van der Waals surface area contributed by atoms with Gasteiger partial charge in [0.15, 0.2) is 11.5 Å². The van der Waals surface area contributed by atoms with Crippen molar-refractivity contribution < 1.29 is 23.8 Å². The molecule has 1 heterocycles. The number of rotatable bonds is 7. The van der Waals surface area contributed by atoms with Crippen molar-refractivity contribution >= 4 is 18.0 Å². The fourth-order valence-corrected chi connectivity index (χ4v) is 1.71. The van der Waals surface area contributed by atoms with Crippen LogP contribution < -0.4 is 20.2 Å². The van der Waals surface area contributed by atoms with Gasteiger partial charge in [0.1, 0.15) is 6.42 Å². The fraction of sp³-hybridized carbons (Fsp3) is 0.357. The molecule has 0 fully saturated rings. The Morgan fingerprint density at radius 1 is 1.32 bits per heavy atom. The molecule has 1 aromatic carbocycles. The van der Waals surface area contributed by atoms with E-state index in [1.165, 1.54) is 13.3 Å². The maximum atomic E-state index is 11.5. The molecule has 0 saturated carbocycles. The van der Waals surface area contributed by atoms with E-state index in [-0.39, 0.29) is 19.1 Å². The average Bonchev–Trinajstić information content (AvgIpc) is 2.95. The van der Waals surface area contributed by atoms with Gasteiger partial charge in [0.2, 0.25) is 18.6 Å². The zero-order chi connectivity index (χ0) is 15.8. The molecule has 1 aromatic rings. The average molecular weight is 307 g/mol. The van der Waals surface area contributed by atoms with Crippen molar-refractivity contribution in [3.8, 4) is 11.5 Å². The van der Waals surface area contributed by atoms with Crippen molar-refractivity contribution in [2.24, 2.45) is 5.10 Å². The van der Waals surface area contributed by atoms with E-state index in [4.69, 9.17) is 14.2 Å². The van der Waals surface area contributed by atoms with Gasteiger partial charge in [-0.1, -0.05) is 0 Å². The Kier molecular flexibility index (Phi) is 5.73. The summed E-state index contributed by atoms with van der Waals surface area (Å²) in [6.07, 6.45) is 1.17. The Balaban J connectivity index is 1.75. The summed E-state index contributed by atoms with van der Waals surface area (Å²) in [5.41, 5.74) is 3.03. The minimum Gasteiger partial charge on any atom is -0.454 e. The Bertz CT molecular complexity index is 574. The number of fused-ring (bicyclic) bond motifs is 1. The van der Waals surface area contributed by atoms with Gasteiger partial charge >= 0.3 is 0 Å². The molecule has 0 unspecified atom stereocenters. The molecule has 1 aliphatic rings. The largest absolute Gasteiger partial charge is 0.454 e. The highest BCUT2D eigenvalue weighted by molar-refractivity contribution is 5.97. The molecular formula is C14H17N3O5. The lowest BCUT2D eigenvalue weighted by Crippen LogP contribution is -2.31. The molecule has 1 aliphatic heterocycles. The predicted octanol–water partition coefficient (Wildman–Crippen LogP) is 0.0181. The molecule has 8 nitrogen and oxygen atoms in total. The van der Waals surface area contributed by atoms with Crippen molar-refractivity contribution in [2.75, 3.05) is 27.1 Å². The van der Waals surface area contributed by atoms with E-state index in [9.17, 15) is 9.59 Å². The van der Waals surface area contributed by atoms with Crippen molar-refractivity contribution in [1.29, 1.82) is 0 Å². The van der Waals surface area contributed by atoms with Crippen LogP contribution in [0.3, 0.4) is 0 Å². The summed E-state index contributed by atoms with van der Waals surface area (Å²) in [5, 5.41) is 6.33. The van der Waals surface area contributed by atoms with Crippen LogP contribution in [-0.4, -0.2) is 45.1 Å². The minimum atomic E-state index is -0.494. The van der Waals surface area contributed by atoms with E-state index in [0.717, 1.165) is 5.56 Å². The van der Waals surface area contributed by atoms with Crippen LogP contribution in [0.5, 0.6) is 11.5 Å². The third-order valence-corrected chi connectivity index (χ3v) is 2.75. The Morgan fingerprint density at radius 3 is 2.95 bits per heavy atom. The summed E-state index contributed by atoms with van der Waals surface area (Å²) in [4.78, 5) is 22.9. The van der Waals surface area contributed by atoms with Crippen molar-refractivity contribution in [3.05, 3.63) is 23.8 Å². The van der Waals surface area contributed by atoms with E-state index >= 15 is 0 Å². The molecule has 0 aromatic heterocycles. The molecule has 118 valence electrons. The lowest BCUT2D eigenvalue weighted by atomic mass is 10.2. The SMILES string of the molecule is COCCNC(=O)CC(=O)N/N=C/c1ccc2c(c1)OCO2. The van der Waals surface area contributed by atoms with Gasteiger partial charge in [-0.15, -0.1) is 0 Å². The van der Waals surface area contributed by atoms with Gasteiger partial charge in [-0.2, -0.15) is 5.10 Å². The van der Waals surface area contributed by atoms with Gasteiger partial charge in [0, 0.05) is 13.7 Å². The Hall–Kier alpha value is -2.61. The first-order chi connectivity index (χ1) is 10.7. The number of hydrazone groups is 1. The second kappa shape index (κ2) is 7.99.